The number of carbonyl (C=O) groups is 1. The minimum absolute atomic E-state index is 0.0872. The van der Waals surface area contributed by atoms with Crippen LogP contribution >= 0.6 is 0 Å². The lowest BCUT2D eigenvalue weighted by atomic mass is 9.74. The fourth-order valence-electron chi connectivity index (χ4n) is 4.64. The van der Waals surface area contributed by atoms with Crippen LogP contribution in [0.1, 0.15) is 47.1 Å². The number of ether oxygens (including phenoxy) is 1. The molecule has 2 heterocycles. The molecule has 29 heavy (non-hydrogen) atoms. The first kappa shape index (κ1) is 19.7. The van der Waals surface area contributed by atoms with Crippen LogP contribution in [0.4, 0.5) is 0 Å². The molecule has 0 aliphatic carbocycles. The molecule has 2 aliphatic rings. The molecule has 0 saturated carbocycles. The van der Waals surface area contributed by atoms with Crippen molar-refractivity contribution in [3.8, 4) is 5.75 Å². The zero-order valence-corrected chi connectivity index (χ0v) is 17.3. The van der Waals surface area contributed by atoms with E-state index in [1.54, 1.807) is 0 Å². The molecule has 4 rings (SSSR count). The Morgan fingerprint density at radius 2 is 1.86 bits per heavy atom. The number of likely N-dealkylation sites (tertiary alicyclic amines) is 1. The van der Waals surface area contributed by atoms with Gasteiger partial charge in [0.2, 0.25) is 0 Å². The molecule has 1 fully saturated rings. The molecule has 2 aliphatic heterocycles. The van der Waals surface area contributed by atoms with Gasteiger partial charge in [-0.2, -0.15) is 0 Å². The summed E-state index contributed by atoms with van der Waals surface area (Å²) in [7, 11) is 0. The Balaban J connectivity index is 1.47. The van der Waals surface area contributed by atoms with Crippen LogP contribution in [0.5, 0.6) is 5.75 Å². The van der Waals surface area contributed by atoms with Gasteiger partial charge in [0, 0.05) is 17.5 Å². The highest BCUT2D eigenvalue weighted by Crippen LogP contribution is 2.46. The predicted octanol–water partition coefficient (Wildman–Crippen LogP) is 4.67. The summed E-state index contributed by atoms with van der Waals surface area (Å²) >= 11 is 0. The van der Waals surface area contributed by atoms with Gasteiger partial charge in [0.05, 0.1) is 13.0 Å². The van der Waals surface area contributed by atoms with Gasteiger partial charge in [0.25, 0.3) is 0 Å². The summed E-state index contributed by atoms with van der Waals surface area (Å²) in [5, 5.41) is 8.90. The van der Waals surface area contributed by atoms with Crippen molar-refractivity contribution in [2.45, 2.75) is 38.5 Å². The maximum atomic E-state index is 10.8. The minimum atomic E-state index is -0.721. The molecule has 1 saturated heterocycles. The molecule has 0 bridgehead atoms. The highest BCUT2D eigenvalue weighted by atomic mass is 16.5. The van der Waals surface area contributed by atoms with Crippen molar-refractivity contribution in [2.75, 3.05) is 26.2 Å². The molecule has 1 N–H and O–H groups in total. The molecule has 0 radical (unpaired) electrons. The van der Waals surface area contributed by atoms with E-state index in [9.17, 15) is 4.79 Å². The first-order valence-electron chi connectivity index (χ1n) is 10.4. The van der Waals surface area contributed by atoms with Gasteiger partial charge in [0.15, 0.2) is 0 Å². The third kappa shape index (κ3) is 4.08. The van der Waals surface area contributed by atoms with Crippen molar-refractivity contribution in [2.24, 2.45) is 0 Å². The Kier molecular flexibility index (Phi) is 5.46. The normalized spacial score (nSPS) is 18.1. The summed E-state index contributed by atoms with van der Waals surface area (Å²) in [6.45, 7) is 7.53. The molecule has 0 aromatic heterocycles. The van der Waals surface area contributed by atoms with Gasteiger partial charge in [-0.3, -0.25) is 4.79 Å². The van der Waals surface area contributed by atoms with E-state index in [2.05, 4.69) is 67.3 Å². The SMILES string of the molecule is Cc1cccc(C)c1/C=C/c1ccc2c(c1)OCC21CCN(CCC(=O)O)CC1. The van der Waals surface area contributed by atoms with E-state index in [4.69, 9.17) is 9.84 Å². The van der Waals surface area contributed by atoms with E-state index >= 15 is 0 Å². The number of fused-ring (bicyclic) bond motifs is 2. The number of rotatable bonds is 5. The van der Waals surface area contributed by atoms with Gasteiger partial charge in [-0.15, -0.1) is 0 Å². The second-order valence-corrected chi connectivity index (χ2v) is 8.45. The summed E-state index contributed by atoms with van der Waals surface area (Å²) in [5.74, 6) is 0.286. The monoisotopic (exact) mass is 391 g/mol. The maximum Gasteiger partial charge on any atom is 0.304 e. The molecule has 1 spiro atoms. The largest absolute Gasteiger partial charge is 0.492 e. The van der Waals surface area contributed by atoms with Gasteiger partial charge in [0.1, 0.15) is 5.75 Å². The fourth-order valence-corrected chi connectivity index (χ4v) is 4.64. The average Bonchev–Trinajstić information content (AvgIpc) is 3.05. The van der Waals surface area contributed by atoms with Crippen LogP contribution in [0.2, 0.25) is 0 Å². The Hall–Kier alpha value is -2.59. The molecule has 4 nitrogen and oxygen atoms in total. The van der Waals surface area contributed by atoms with E-state index in [1.165, 1.54) is 22.3 Å². The summed E-state index contributed by atoms with van der Waals surface area (Å²) < 4.78 is 6.12. The summed E-state index contributed by atoms with van der Waals surface area (Å²) in [4.78, 5) is 13.1. The number of hydrogen-bond acceptors (Lipinski definition) is 3. The van der Waals surface area contributed by atoms with Crippen LogP contribution in [0.3, 0.4) is 0 Å². The van der Waals surface area contributed by atoms with Gasteiger partial charge in [-0.25, -0.2) is 0 Å². The van der Waals surface area contributed by atoms with E-state index in [-0.39, 0.29) is 11.8 Å². The zero-order valence-electron chi connectivity index (χ0n) is 17.3. The Morgan fingerprint density at radius 1 is 1.14 bits per heavy atom. The van der Waals surface area contributed by atoms with Crippen molar-refractivity contribution in [3.63, 3.8) is 0 Å². The quantitative estimate of drug-likeness (QED) is 0.752. The molecule has 0 unspecified atom stereocenters. The predicted molar refractivity (Wildman–Crippen MR) is 116 cm³/mol. The third-order valence-electron chi connectivity index (χ3n) is 6.52. The Bertz CT molecular complexity index is 919. The van der Waals surface area contributed by atoms with E-state index in [1.807, 2.05) is 0 Å². The highest BCUT2D eigenvalue weighted by Gasteiger charge is 2.42. The fraction of sp³-hybridized carbons (Fsp3) is 0.400. The number of piperidine rings is 1. The maximum absolute atomic E-state index is 10.8. The number of benzene rings is 2. The summed E-state index contributed by atoms with van der Waals surface area (Å²) in [5.41, 5.74) is 6.41. The topological polar surface area (TPSA) is 49.8 Å². The second kappa shape index (κ2) is 8.03. The lowest BCUT2D eigenvalue weighted by molar-refractivity contribution is -0.137. The zero-order chi connectivity index (χ0) is 20.4. The number of carboxylic acids is 1. The number of hydrogen-bond donors (Lipinski definition) is 1. The molecular weight excluding hydrogens is 362 g/mol. The molecule has 0 atom stereocenters. The van der Waals surface area contributed by atoms with Crippen LogP contribution in [0.15, 0.2) is 36.4 Å². The standard InChI is InChI=1S/C25H29NO3/c1-18-4-3-5-19(2)21(18)8-6-20-7-9-22-23(16-20)29-17-25(22)11-14-26(15-12-25)13-10-24(27)28/h3-9,16H,10-15,17H2,1-2H3,(H,27,28)/b8-6+. The smallest absolute Gasteiger partial charge is 0.304 e. The van der Waals surface area contributed by atoms with Crippen molar-refractivity contribution >= 4 is 18.1 Å². The summed E-state index contributed by atoms with van der Waals surface area (Å²) in [6, 6.07) is 13.0. The summed E-state index contributed by atoms with van der Waals surface area (Å²) in [6.07, 6.45) is 6.63. The van der Waals surface area contributed by atoms with Crippen molar-refractivity contribution in [1.29, 1.82) is 0 Å². The molecule has 4 heteroatoms. The van der Waals surface area contributed by atoms with Crippen molar-refractivity contribution < 1.29 is 14.6 Å². The van der Waals surface area contributed by atoms with Crippen LogP contribution in [-0.4, -0.2) is 42.2 Å². The molecule has 2 aromatic rings. The van der Waals surface area contributed by atoms with Gasteiger partial charge >= 0.3 is 5.97 Å². The molecule has 2 aromatic carbocycles. The Labute approximate surface area is 172 Å². The number of aryl methyl sites for hydroxylation is 2. The number of aliphatic carboxylic acids is 1. The van der Waals surface area contributed by atoms with E-state index in [0.29, 0.717) is 6.54 Å². The van der Waals surface area contributed by atoms with Gasteiger partial charge in [-0.05, 0) is 68.1 Å². The number of carboxylic acid groups (broad SMARTS) is 1. The van der Waals surface area contributed by atoms with Crippen LogP contribution < -0.4 is 4.74 Å². The van der Waals surface area contributed by atoms with Crippen LogP contribution in [0, 0.1) is 13.8 Å². The average molecular weight is 392 g/mol. The van der Waals surface area contributed by atoms with Crippen LogP contribution in [0.25, 0.3) is 12.2 Å². The first-order chi connectivity index (χ1) is 14.0. The van der Waals surface area contributed by atoms with Gasteiger partial charge < -0.3 is 14.7 Å². The third-order valence-corrected chi connectivity index (χ3v) is 6.52. The Morgan fingerprint density at radius 3 is 2.55 bits per heavy atom. The molecular formula is C25H29NO3. The van der Waals surface area contributed by atoms with Gasteiger partial charge in [-0.1, -0.05) is 42.5 Å². The minimum Gasteiger partial charge on any atom is -0.492 e. The number of nitrogens with zero attached hydrogens (tertiary/aromatic N) is 1. The highest BCUT2D eigenvalue weighted by molar-refractivity contribution is 5.73. The van der Waals surface area contributed by atoms with Crippen molar-refractivity contribution in [3.05, 3.63) is 64.2 Å². The van der Waals surface area contributed by atoms with Crippen molar-refractivity contribution in [1.82, 2.24) is 4.90 Å². The molecule has 0 amide bonds. The van der Waals surface area contributed by atoms with E-state index in [0.717, 1.165) is 43.9 Å². The van der Waals surface area contributed by atoms with E-state index < -0.39 is 5.97 Å². The lowest BCUT2D eigenvalue weighted by Crippen LogP contribution is -2.44. The molecule has 152 valence electrons. The lowest BCUT2D eigenvalue weighted by Gasteiger charge is -2.38. The second-order valence-electron chi connectivity index (χ2n) is 8.45. The van der Waals surface area contributed by atoms with Crippen LogP contribution in [-0.2, 0) is 10.2 Å². The first-order valence-corrected chi connectivity index (χ1v) is 10.4.